The second-order valence-electron chi connectivity index (χ2n) is 8.79. The van der Waals surface area contributed by atoms with E-state index in [1.165, 1.54) is 5.56 Å². The molecule has 0 saturated heterocycles. The normalized spacial score (nSPS) is 11.6. The number of amides is 2. The lowest BCUT2D eigenvalue weighted by Gasteiger charge is -2.25. The Labute approximate surface area is 211 Å². The molecule has 3 rings (SSSR count). The number of nitrogens with zero attached hydrogens (tertiary/aromatic N) is 1. The van der Waals surface area contributed by atoms with Crippen LogP contribution in [0.25, 0.3) is 11.1 Å². The van der Waals surface area contributed by atoms with Gasteiger partial charge in [0, 0.05) is 17.8 Å². The number of aryl methyl sites for hydroxylation is 1. The first-order valence-corrected chi connectivity index (χ1v) is 12.0. The van der Waals surface area contributed by atoms with Gasteiger partial charge in [-0.3, -0.25) is 10.1 Å². The van der Waals surface area contributed by atoms with Crippen molar-refractivity contribution in [1.29, 1.82) is 0 Å². The zero-order valence-electron chi connectivity index (χ0n) is 20.8. The number of ether oxygens (including phenoxy) is 1. The molecule has 3 aromatic carbocycles. The number of hydrogen-bond acceptors (Lipinski definition) is 4. The smallest absolute Gasteiger partial charge is 0.411 e. The van der Waals surface area contributed by atoms with E-state index in [1.807, 2.05) is 36.4 Å². The summed E-state index contributed by atoms with van der Waals surface area (Å²) >= 11 is 0. The summed E-state index contributed by atoms with van der Waals surface area (Å²) in [5, 5.41) is 12.4. The molecule has 0 spiro atoms. The molecule has 0 aromatic heterocycles. The van der Waals surface area contributed by atoms with Crippen molar-refractivity contribution in [3.8, 4) is 11.1 Å². The lowest BCUT2D eigenvalue weighted by Crippen LogP contribution is -2.41. The number of aliphatic carboxylic acids is 1. The van der Waals surface area contributed by atoms with Crippen LogP contribution in [0.2, 0.25) is 0 Å². The van der Waals surface area contributed by atoms with Crippen LogP contribution in [-0.2, 0) is 20.7 Å². The number of carboxylic acid groups (broad SMARTS) is 1. The minimum absolute atomic E-state index is 0.0615. The first kappa shape index (κ1) is 26.5. The lowest BCUT2D eigenvalue weighted by molar-refractivity contribution is -0.139. The second kappa shape index (κ2) is 12.5. The minimum Gasteiger partial charge on any atom is -0.480 e. The average molecular weight is 489 g/mol. The van der Waals surface area contributed by atoms with Gasteiger partial charge in [0.15, 0.2) is 0 Å². The van der Waals surface area contributed by atoms with E-state index in [0.29, 0.717) is 23.7 Å². The summed E-state index contributed by atoms with van der Waals surface area (Å²) in [6, 6.07) is 21.6. The molecule has 188 valence electrons. The molecule has 7 nitrogen and oxygen atoms in total. The van der Waals surface area contributed by atoms with Crippen LogP contribution in [0, 0.1) is 0 Å². The van der Waals surface area contributed by atoms with Crippen molar-refractivity contribution in [3.05, 3.63) is 83.9 Å². The number of rotatable bonds is 11. The lowest BCUT2D eigenvalue weighted by atomic mass is 10.0. The van der Waals surface area contributed by atoms with Gasteiger partial charge in [-0.2, -0.15) is 0 Å². The highest BCUT2D eigenvalue weighted by molar-refractivity contribution is 5.88. The Morgan fingerprint density at radius 1 is 0.944 bits per heavy atom. The van der Waals surface area contributed by atoms with Gasteiger partial charge < -0.3 is 14.7 Å². The summed E-state index contributed by atoms with van der Waals surface area (Å²) in [5.74, 6) is -0.808. The van der Waals surface area contributed by atoms with Crippen LogP contribution in [0.1, 0.15) is 44.2 Å². The molecule has 0 heterocycles. The molecule has 0 aliphatic heterocycles. The molecular formula is C29H32N2O5. The van der Waals surface area contributed by atoms with E-state index >= 15 is 0 Å². The van der Waals surface area contributed by atoms with Crippen molar-refractivity contribution in [2.45, 2.75) is 45.6 Å². The number of benzene rings is 3. The van der Waals surface area contributed by atoms with E-state index in [4.69, 9.17) is 4.74 Å². The number of carboxylic acids is 1. The Morgan fingerprint density at radius 2 is 1.53 bits per heavy atom. The Balaban J connectivity index is 1.60. The van der Waals surface area contributed by atoms with Crippen molar-refractivity contribution < 1.29 is 24.2 Å². The van der Waals surface area contributed by atoms with Crippen LogP contribution in [0.3, 0.4) is 0 Å². The third-order valence-corrected chi connectivity index (χ3v) is 6.04. The highest BCUT2D eigenvalue weighted by atomic mass is 16.5. The van der Waals surface area contributed by atoms with E-state index in [-0.39, 0.29) is 13.0 Å². The third-order valence-electron chi connectivity index (χ3n) is 6.04. The molecule has 0 fully saturated rings. The molecule has 0 saturated carbocycles. The maximum Gasteiger partial charge on any atom is 0.411 e. The van der Waals surface area contributed by atoms with E-state index in [2.05, 4.69) is 38.2 Å². The summed E-state index contributed by atoms with van der Waals surface area (Å²) < 4.78 is 5.17. The zero-order valence-corrected chi connectivity index (χ0v) is 20.8. The maximum atomic E-state index is 12.1. The fourth-order valence-electron chi connectivity index (χ4n) is 3.82. The SMILES string of the molecule is CCc1ccc(-c2ccc(N(C=O)[C@@H](CCOC(=O)Nc3ccc(C(C)C)cc3)C(=O)O)cc2)cc1. The van der Waals surface area contributed by atoms with Gasteiger partial charge in [-0.1, -0.05) is 69.3 Å². The van der Waals surface area contributed by atoms with Gasteiger partial charge in [0.2, 0.25) is 6.41 Å². The predicted octanol–water partition coefficient (Wildman–Crippen LogP) is 6.09. The van der Waals surface area contributed by atoms with E-state index < -0.39 is 18.1 Å². The first-order chi connectivity index (χ1) is 17.3. The topological polar surface area (TPSA) is 95.9 Å². The summed E-state index contributed by atoms with van der Waals surface area (Å²) in [4.78, 5) is 37.0. The third kappa shape index (κ3) is 6.95. The van der Waals surface area contributed by atoms with Gasteiger partial charge in [0.1, 0.15) is 6.04 Å². The number of carbonyl (C=O) groups is 3. The van der Waals surface area contributed by atoms with Crippen LogP contribution in [0.15, 0.2) is 72.8 Å². The summed E-state index contributed by atoms with van der Waals surface area (Å²) in [6.45, 7) is 6.09. The van der Waals surface area contributed by atoms with Gasteiger partial charge in [-0.25, -0.2) is 9.59 Å². The molecule has 0 bridgehead atoms. The van der Waals surface area contributed by atoms with Crippen LogP contribution >= 0.6 is 0 Å². The standard InChI is InChI=1S/C29H32N2O5/c1-4-21-5-7-23(8-6-21)24-11-15-26(16-12-24)31(19-32)27(28(33)34)17-18-36-29(35)30-25-13-9-22(10-14-25)20(2)3/h5-16,19-20,27H,4,17-18H2,1-3H3,(H,30,35)(H,33,34)/t27-/m0/s1. The zero-order chi connectivity index (χ0) is 26.1. The molecule has 7 heteroatoms. The summed E-state index contributed by atoms with van der Waals surface area (Å²) in [7, 11) is 0. The second-order valence-corrected chi connectivity index (χ2v) is 8.79. The van der Waals surface area contributed by atoms with Gasteiger partial charge in [0.25, 0.3) is 0 Å². The molecular weight excluding hydrogens is 456 g/mol. The van der Waals surface area contributed by atoms with Gasteiger partial charge in [-0.15, -0.1) is 0 Å². The number of carbonyl (C=O) groups excluding carboxylic acids is 2. The quantitative estimate of drug-likeness (QED) is 0.318. The predicted molar refractivity (Wildman–Crippen MR) is 141 cm³/mol. The van der Waals surface area contributed by atoms with Gasteiger partial charge >= 0.3 is 12.1 Å². The van der Waals surface area contributed by atoms with Crippen molar-refractivity contribution in [2.75, 3.05) is 16.8 Å². The molecule has 0 aliphatic carbocycles. The largest absolute Gasteiger partial charge is 0.480 e. The Bertz CT molecular complexity index is 1160. The minimum atomic E-state index is -1.19. The number of hydrogen-bond donors (Lipinski definition) is 2. The van der Waals surface area contributed by atoms with Gasteiger partial charge in [-0.05, 0) is 58.9 Å². The molecule has 0 unspecified atom stereocenters. The number of anilines is 2. The monoisotopic (exact) mass is 488 g/mol. The maximum absolute atomic E-state index is 12.1. The van der Waals surface area contributed by atoms with Crippen LogP contribution in [0.4, 0.5) is 16.2 Å². The van der Waals surface area contributed by atoms with Crippen molar-refractivity contribution in [2.24, 2.45) is 0 Å². The fraction of sp³-hybridized carbons (Fsp3) is 0.276. The highest BCUT2D eigenvalue weighted by Gasteiger charge is 2.26. The van der Waals surface area contributed by atoms with Crippen molar-refractivity contribution >= 4 is 29.8 Å². The molecule has 36 heavy (non-hydrogen) atoms. The molecule has 0 radical (unpaired) electrons. The van der Waals surface area contributed by atoms with Crippen LogP contribution < -0.4 is 10.2 Å². The molecule has 2 N–H and O–H groups in total. The van der Waals surface area contributed by atoms with E-state index in [0.717, 1.165) is 28.0 Å². The Morgan fingerprint density at radius 3 is 2.03 bits per heavy atom. The average Bonchev–Trinajstić information content (AvgIpc) is 2.88. The molecule has 2 amide bonds. The van der Waals surface area contributed by atoms with Crippen molar-refractivity contribution in [3.63, 3.8) is 0 Å². The molecule has 3 aromatic rings. The molecule has 0 aliphatic rings. The van der Waals surface area contributed by atoms with Crippen LogP contribution in [0.5, 0.6) is 0 Å². The van der Waals surface area contributed by atoms with Crippen LogP contribution in [-0.4, -0.2) is 36.2 Å². The summed E-state index contributed by atoms with van der Waals surface area (Å²) in [5.41, 5.74) is 5.41. The van der Waals surface area contributed by atoms with Crippen molar-refractivity contribution in [1.82, 2.24) is 0 Å². The molecule has 1 atom stereocenters. The fourth-order valence-corrected chi connectivity index (χ4v) is 3.82. The van der Waals surface area contributed by atoms with E-state index in [1.54, 1.807) is 24.3 Å². The Hall–Kier alpha value is -4.13. The first-order valence-electron chi connectivity index (χ1n) is 12.0. The Kier molecular flexibility index (Phi) is 9.22. The van der Waals surface area contributed by atoms with Gasteiger partial charge in [0.05, 0.1) is 6.61 Å². The summed E-state index contributed by atoms with van der Waals surface area (Å²) in [6.07, 6.45) is 0.697. The highest BCUT2D eigenvalue weighted by Crippen LogP contribution is 2.25. The number of nitrogens with one attached hydrogen (secondary N) is 1. The van der Waals surface area contributed by atoms with E-state index in [9.17, 15) is 19.5 Å².